The maximum absolute atomic E-state index is 13.2. The summed E-state index contributed by atoms with van der Waals surface area (Å²) in [5.74, 6) is 0.661. The Hall–Kier alpha value is -1.94. The fraction of sp³-hybridized carbons (Fsp3) is 0.474. The second-order valence-electron chi connectivity index (χ2n) is 6.92. The third-order valence-electron chi connectivity index (χ3n) is 5.12. The lowest BCUT2D eigenvalue weighted by molar-refractivity contribution is 0.0743. The van der Waals surface area contributed by atoms with Crippen LogP contribution in [0.3, 0.4) is 0 Å². The van der Waals surface area contributed by atoms with Crippen molar-refractivity contribution in [2.24, 2.45) is 5.73 Å². The number of hydrogen-bond donors (Lipinski definition) is 1. The van der Waals surface area contributed by atoms with Crippen LogP contribution < -0.4 is 5.73 Å². The molecule has 0 bridgehead atoms. The fourth-order valence-electron chi connectivity index (χ4n) is 3.63. The highest BCUT2D eigenvalue weighted by atomic mass is 16.2. The van der Waals surface area contributed by atoms with Crippen LogP contribution in [-0.2, 0) is 0 Å². The Morgan fingerprint density at radius 1 is 1.30 bits per heavy atom. The molecule has 23 heavy (non-hydrogen) atoms. The summed E-state index contributed by atoms with van der Waals surface area (Å²) in [7, 11) is 0. The van der Waals surface area contributed by atoms with Gasteiger partial charge >= 0.3 is 0 Å². The zero-order valence-electron chi connectivity index (χ0n) is 13.6. The minimum atomic E-state index is 0.123. The predicted molar refractivity (Wildman–Crippen MR) is 91.6 cm³/mol. The van der Waals surface area contributed by atoms with Crippen molar-refractivity contribution in [3.8, 4) is 0 Å². The van der Waals surface area contributed by atoms with Crippen molar-refractivity contribution in [3.05, 3.63) is 41.1 Å². The predicted octanol–water partition coefficient (Wildman–Crippen LogP) is 2.98. The zero-order chi connectivity index (χ0) is 16.0. The third kappa shape index (κ3) is 2.61. The molecule has 2 heterocycles. The minimum absolute atomic E-state index is 0.123. The van der Waals surface area contributed by atoms with Crippen LogP contribution in [0.1, 0.15) is 53.2 Å². The largest absolute Gasteiger partial charge is 0.334 e. The molecule has 4 rings (SSSR count). The van der Waals surface area contributed by atoms with Gasteiger partial charge in [-0.2, -0.15) is 0 Å². The van der Waals surface area contributed by atoms with E-state index in [1.807, 2.05) is 17.0 Å². The van der Waals surface area contributed by atoms with E-state index in [2.05, 4.69) is 19.1 Å². The van der Waals surface area contributed by atoms with E-state index in [-0.39, 0.29) is 11.9 Å². The number of carbonyl (C=O) groups excluding carboxylic acids is 1. The van der Waals surface area contributed by atoms with Crippen LogP contribution in [0.25, 0.3) is 10.9 Å². The van der Waals surface area contributed by atoms with Crippen LogP contribution in [-0.4, -0.2) is 34.9 Å². The van der Waals surface area contributed by atoms with Crippen LogP contribution in [0.5, 0.6) is 0 Å². The number of nitrogens with zero attached hydrogens (tertiary/aromatic N) is 2. The van der Waals surface area contributed by atoms with Crippen molar-refractivity contribution in [1.82, 2.24) is 9.88 Å². The van der Waals surface area contributed by atoms with E-state index in [0.717, 1.165) is 47.1 Å². The molecular formula is C19H23N3O. The quantitative estimate of drug-likeness (QED) is 0.948. The molecule has 2 fully saturated rings. The molecule has 120 valence electrons. The van der Waals surface area contributed by atoms with Gasteiger partial charge in [0.2, 0.25) is 0 Å². The first-order valence-corrected chi connectivity index (χ1v) is 8.59. The summed E-state index contributed by atoms with van der Waals surface area (Å²) in [6.07, 6.45) is 4.44. The molecule has 1 aromatic carbocycles. The van der Waals surface area contributed by atoms with Gasteiger partial charge in [0.15, 0.2) is 0 Å². The van der Waals surface area contributed by atoms with Crippen LogP contribution in [0.4, 0.5) is 0 Å². The van der Waals surface area contributed by atoms with Crippen molar-refractivity contribution in [2.75, 3.05) is 13.1 Å². The maximum atomic E-state index is 13.2. The fourth-order valence-corrected chi connectivity index (χ4v) is 3.63. The van der Waals surface area contributed by atoms with E-state index in [9.17, 15) is 4.79 Å². The van der Waals surface area contributed by atoms with E-state index < -0.39 is 0 Å². The molecule has 1 unspecified atom stereocenters. The van der Waals surface area contributed by atoms with Crippen molar-refractivity contribution in [1.29, 1.82) is 0 Å². The van der Waals surface area contributed by atoms with Gasteiger partial charge in [-0.25, -0.2) is 0 Å². The Morgan fingerprint density at radius 2 is 2.13 bits per heavy atom. The number of benzene rings is 1. The number of amides is 1. The number of aromatic nitrogens is 1. The molecule has 2 aliphatic rings. The average Bonchev–Trinajstić information content (AvgIpc) is 3.30. The van der Waals surface area contributed by atoms with E-state index in [0.29, 0.717) is 12.5 Å². The molecule has 1 aliphatic heterocycles. The standard InChI is InChI=1S/C19H23N3O/c1-12-4-7-17-15(9-12)16(10-18(21-17)13-5-6-13)19(23)22-8-2-3-14(22)11-20/h4,7,9-10,13-14H,2-3,5-6,8,11,20H2,1H3. The molecule has 4 nitrogen and oxygen atoms in total. The summed E-state index contributed by atoms with van der Waals surface area (Å²) >= 11 is 0. The Bertz CT molecular complexity index is 767. The monoisotopic (exact) mass is 309 g/mol. The summed E-state index contributed by atoms with van der Waals surface area (Å²) in [6.45, 7) is 3.42. The Morgan fingerprint density at radius 3 is 2.87 bits per heavy atom. The molecule has 1 saturated heterocycles. The highest BCUT2D eigenvalue weighted by Crippen LogP contribution is 2.40. The highest BCUT2D eigenvalue weighted by Gasteiger charge is 2.31. The molecule has 2 aromatic rings. The number of hydrogen-bond acceptors (Lipinski definition) is 3. The van der Waals surface area contributed by atoms with Gasteiger partial charge in [-0.05, 0) is 50.8 Å². The van der Waals surface area contributed by atoms with Crippen LogP contribution in [0.15, 0.2) is 24.3 Å². The number of fused-ring (bicyclic) bond motifs is 1. The number of nitrogens with two attached hydrogens (primary N) is 1. The average molecular weight is 309 g/mol. The van der Waals surface area contributed by atoms with Gasteiger partial charge in [0.25, 0.3) is 5.91 Å². The van der Waals surface area contributed by atoms with Crippen molar-refractivity contribution >= 4 is 16.8 Å². The lowest BCUT2D eigenvalue weighted by atomic mass is 10.0. The van der Waals surface area contributed by atoms with Gasteiger partial charge in [-0.15, -0.1) is 0 Å². The first-order chi connectivity index (χ1) is 11.2. The summed E-state index contributed by atoms with van der Waals surface area (Å²) in [5, 5.41) is 0.974. The van der Waals surface area contributed by atoms with Gasteiger partial charge < -0.3 is 10.6 Å². The summed E-state index contributed by atoms with van der Waals surface area (Å²) in [6, 6.07) is 8.41. The first-order valence-electron chi connectivity index (χ1n) is 8.59. The van der Waals surface area contributed by atoms with Gasteiger partial charge in [-0.1, -0.05) is 11.6 Å². The smallest absolute Gasteiger partial charge is 0.254 e. The Balaban J connectivity index is 1.83. The maximum Gasteiger partial charge on any atom is 0.254 e. The number of rotatable bonds is 3. The SMILES string of the molecule is Cc1ccc2nc(C3CC3)cc(C(=O)N3CCCC3CN)c2c1. The normalized spacial score (nSPS) is 21.1. The van der Waals surface area contributed by atoms with Gasteiger partial charge in [-0.3, -0.25) is 9.78 Å². The summed E-state index contributed by atoms with van der Waals surface area (Å²) in [4.78, 5) is 19.9. The molecule has 1 atom stereocenters. The van der Waals surface area contributed by atoms with Crippen LogP contribution >= 0.6 is 0 Å². The molecular weight excluding hydrogens is 286 g/mol. The van der Waals surface area contributed by atoms with E-state index in [1.54, 1.807) is 0 Å². The molecule has 2 N–H and O–H groups in total. The summed E-state index contributed by atoms with van der Waals surface area (Å²) in [5.41, 5.74) is 9.84. The van der Waals surface area contributed by atoms with Gasteiger partial charge in [0, 0.05) is 36.1 Å². The van der Waals surface area contributed by atoms with Crippen molar-refractivity contribution < 1.29 is 4.79 Å². The van der Waals surface area contributed by atoms with Gasteiger partial charge in [0.05, 0.1) is 11.1 Å². The number of likely N-dealkylation sites (tertiary alicyclic amines) is 1. The molecule has 0 spiro atoms. The molecule has 1 aliphatic carbocycles. The zero-order valence-corrected chi connectivity index (χ0v) is 13.6. The molecule has 1 amide bonds. The third-order valence-corrected chi connectivity index (χ3v) is 5.12. The first kappa shape index (κ1) is 14.6. The molecule has 1 aromatic heterocycles. The lowest BCUT2D eigenvalue weighted by Gasteiger charge is -2.24. The Kier molecular flexibility index (Phi) is 3.57. The molecule has 1 saturated carbocycles. The van der Waals surface area contributed by atoms with Gasteiger partial charge in [0.1, 0.15) is 0 Å². The molecule has 0 radical (unpaired) electrons. The summed E-state index contributed by atoms with van der Waals surface area (Å²) < 4.78 is 0. The van der Waals surface area contributed by atoms with Crippen LogP contribution in [0, 0.1) is 6.92 Å². The number of aryl methyl sites for hydroxylation is 1. The highest BCUT2D eigenvalue weighted by molar-refractivity contribution is 6.06. The van der Waals surface area contributed by atoms with E-state index in [1.165, 1.54) is 12.8 Å². The molecule has 4 heteroatoms. The second kappa shape index (κ2) is 5.60. The van der Waals surface area contributed by atoms with Crippen molar-refractivity contribution in [2.45, 2.75) is 44.6 Å². The lowest BCUT2D eigenvalue weighted by Crippen LogP contribution is -2.40. The van der Waals surface area contributed by atoms with E-state index in [4.69, 9.17) is 10.7 Å². The van der Waals surface area contributed by atoms with Crippen LogP contribution in [0.2, 0.25) is 0 Å². The topological polar surface area (TPSA) is 59.2 Å². The minimum Gasteiger partial charge on any atom is -0.334 e. The number of carbonyl (C=O) groups is 1. The Labute approximate surface area is 136 Å². The van der Waals surface area contributed by atoms with E-state index >= 15 is 0 Å². The second-order valence-corrected chi connectivity index (χ2v) is 6.92. The number of pyridine rings is 1. The van der Waals surface area contributed by atoms with Crippen molar-refractivity contribution in [3.63, 3.8) is 0 Å².